The molecule has 2 rings (SSSR count). The molecule has 1 N–H and O–H groups in total. The van der Waals surface area contributed by atoms with Gasteiger partial charge in [-0.1, -0.05) is 19.3 Å². The normalized spacial score (nSPS) is 18.3. The van der Waals surface area contributed by atoms with E-state index >= 15 is 0 Å². The summed E-state index contributed by atoms with van der Waals surface area (Å²) in [5.74, 6) is 0.0575. The standard InChI is InChI=1S/C11H15NO2/c13-10-6-7-12(11(14)8-10)9-4-2-1-3-5-9/h6-9,13H,1-5H2. The van der Waals surface area contributed by atoms with Crippen molar-refractivity contribution in [3.63, 3.8) is 0 Å². The van der Waals surface area contributed by atoms with Crippen molar-refractivity contribution in [1.82, 2.24) is 4.57 Å². The molecule has 0 aliphatic heterocycles. The third-order valence-corrected chi connectivity index (χ3v) is 2.90. The molecule has 1 aromatic rings. The van der Waals surface area contributed by atoms with Crippen LogP contribution in [0.2, 0.25) is 0 Å². The van der Waals surface area contributed by atoms with Crippen molar-refractivity contribution in [2.45, 2.75) is 38.1 Å². The summed E-state index contributed by atoms with van der Waals surface area (Å²) in [6.07, 6.45) is 7.57. The van der Waals surface area contributed by atoms with Crippen molar-refractivity contribution in [2.24, 2.45) is 0 Å². The number of aromatic hydroxyl groups is 1. The van der Waals surface area contributed by atoms with Crippen LogP contribution in [-0.2, 0) is 0 Å². The minimum atomic E-state index is -0.0862. The van der Waals surface area contributed by atoms with Crippen LogP contribution in [0.4, 0.5) is 0 Å². The first kappa shape index (κ1) is 9.31. The maximum absolute atomic E-state index is 11.5. The summed E-state index contributed by atoms with van der Waals surface area (Å²) in [7, 11) is 0. The largest absolute Gasteiger partial charge is 0.508 e. The van der Waals surface area contributed by atoms with Gasteiger partial charge < -0.3 is 9.67 Å². The van der Waals surface area contributed by atoms with Crippen LogP contribution in [0.1, 0.15) is 38.1 Å². The highest BCUT2D eigenvalue weighted by atomic mass is 16.3. The molecule has 3 heteroatoms. The van der Waals surface area contributed by atoms with Crippen LogP contribution in [0.25, 0.3) is 0 Å². The number of rotatable bonds is 1. The monoisotopic (exact) mass is 193 g/mol. The minimum Gasteiger partial charge on any atom is -0.508 e. The molecule has 14 heavy (non-hydrogen) atoms. The molecule has 0 saturated heterocycles. The Kier molecular flexibility index (Phi) is 2.57. The molecule has 1 heterocycles. The van der Waals surface area contributed by atoms with Gasteiger partial charge in [0.2, 0.25) is 0 Å². The van der Waals surface area contributed by atoms with Gasteiger partial charge in [-0.15, -0.1) is 0 Å². The minimum absolute atomic E-state index is 0.0575. The Hall–Kier alpha value is -1.25. The molecule has 1 aliphatic carbocycles. The lowest BCUT2D eigenvalue weighted by Gasteiger charge is -2.23. The van der Waals surface area contributed by atoms with E-state index in [9.17, 15) is 4.79 Å². The summed E-state index contributed by atoms with van der Waals surface area (Å²) in [5, 5.41) is 9.12. The molecule has 0 aromatic carbocycles. The zero-order chi connectivity index (χ0) is 9.97. The number of pyridine rings is 1. The van der Waals surface area contributed by atoms with E-state index < -0.39 is 0 Å². The van der Waals surface area contributed by atoms with Crippen LogP contribution in [0.5, 0.6) is 5.75 Å². The number of hydrogen-bond donors (Lipinski definition) is 1. The average Bonchev–Trinajstić information content (AvgIpc) is 2.19. The Morgan fingerprint density at radius 2 is 2.00 bits per heavy atom. The fourth-order valence-electron chi connectivity index (χ4n) is 2.14. The Morgan fingerprint density at radius 1 is 1.29 bits per heavy atom. The van der Waals surface area contributed by atoms with Crippen molar-refractivity contribution < 1.29 is 5.11 Å². The van der Waals surface area contributed by atoms with E-state index in [0.29, 0.717) is 6.04 Å². The van der Waals surface area contributed by atoms with Crippen molar-refractivity contribution in [3.05, 3.63) is 28.7 Å². The lowest BCUT2D eigenvalue weighted by molar-refractivity contribution is 0.344. The Bertz CT molecular complexity index is 364. The fourth-order valence-corrected chi connectivity index (χ4v) is 2.14. The smallest absolute Gasteiger partial charge is 0.254 e. The predicted octanol–water partition coefficient (Wildman–Crippen LogP) is 2.06. The molecule has 1 aliphatic rings. The topological polar surface area (TPSA) is 42.2 Å². The lowest BCUT2D eigenvalue weighted by atomic mass is 9.95. The van der Waals surface area contributed by atoms with Crippen LogP contribution in [0.15, 0.2) is 23.1 Å². The van der Waals surface area contributed by atoms with Gasteiger partial charge in [0.1, 0.15) is 5.75 Å². The van der Waals surface area contributed by atoms with E-state index in [1.165, 1.54) is 25.3 Å². The molecule has 3 nitrogen and oxygen atoms in total. The molecule has 0 bridgehead atoms. The van der Waals surface area contributed by atoms with Crippen LogP contribution in [-0.4, -0.2) is 9.67 Å². The van der Waals surface area contributed by atoms with E-state index in [4.69, 9.17) is 5.11 Å². The van der Waals surface area contributed by atoms with Gasteiger partial charge in [0.05, 0.1) is 0 Å². The van der Waals surface area contributed by atoms with Crippen LogP contribution in [0.3, 0.4) is 0 Å². The zero-order valence-electron chi connectivity index (χ0n) is 8.15. The van der Waals surface area contributed by atoms with E-state index in [2.05, 4.69) is 0 Å². The second-order valence-electron chi connectivity index (χ2n) is 3.92. The highest BCUT2D eigenvalue weighted by Gasteiger charge is 2.15. The van der Waals surface area contributed by atoms with Crippen LogP contribution < -0.4 is 5.56 Å². The average molecular weight is 193 g/mol. The summed E-state index contributed by atoms with van der Waals surface area (Å²) in [6, 6.07) is 3.21. The maximum Gasteiger partial charge on any atom is 0.254 e. The van der Waals surface area contributed by atoms with E-state index in [0.717, 1.165) is 12.8 Å². The highest BCUT2D eigenvalue weighted by Crippen LogP contribution is 2.26. The highest BCUT2D eigenvalue weighted by molar-refractivity contribution is 5.16. The first-order valence-corrected chi connectivity index (χ1v) is 5.18. The lowest BCUT2D eigenvalue weighted by Crippen LogP contribution is -2.24. The molecule has 76 valence electrons. The van der Waals surface area contributed by atoms with Gasteiger partial charge in [-0.3, -0.25) is 4.79 Å². The molecule has 0 atom stereocenters. The van der Waals surface area contributed by atoms with E-state index in [1.807, 2.05) is 0 Å². The fraction of sp³-hybridized carbons (Fsp3) is 0.545. The van der Waals surface area contributed by atoms with Crippen molar-refractivity contribution in [1.29, 1.82) is 0 Å². The summed E-state index contributed by atoms with van der Waals surface area (Å²) in [4.78, 5) is 11.5. The molecular formula is C11H15NO2. The molecule has 1 fully saturated rings. The van der Waals surface area contributed by atoms with Crippen molar-refractivity contribution in [3.8, 4) is 5.75 Å². The molecule has 0 radical (unpaired) electrons. The Morgan fingerprint density at radius 3 is 2.64 bits per heavy atom. The maximum atomic E-state index is 11.5. The van der Waals surface area contributed by atoms with E-state index in [1.54, 1.807) is 16.8 Å². The first-order valence-electron chi connectivity index (χ1n) is 5.18. The molecule has 1 aromatic heterocycles. The predicted molar refractivity (Wildman–Crippen MR) is 54.5 cm³/mol. The van der Waals surface area contributed by atoms with Gasteiger partial charge in [0.15, 0.2) is 0 Å². The quantitative estimate of drug-likeness (QED) is 0.741. The summed E-state index contributed by atoms with van der Waals surface area (Å²) in [6.45, 7) is 0. The second kappa shape index (κ2) is 3.86. The summed E-state index contributed by atoms with van der Waals surface area (Å²) in [5.41, 5.74) is -0.0862. The van der Waals surface area contributed by atoms with Gasteiger partial charge in [0.25, 0.3) is 5.56 Å². The zero-order valence-corrected chi connectivity index (χ0v) is 8.15. The van der Waals surface area contributed by atoms with Crippen molar-refractivity contribution >= 4 is 0 Å². The van der Waals surface area contributed by atoms with Crippen molar-refractivity contribution in [2.75, 3.05) is 0 Å². The summed E-state index contributed by atoms with van der Waals surface area (Å²) >= 11 is 0. The summed E-state index contributed by atoms with van der Waals surface area (Å²) < 4.78 is 1.75. The number of nitrogens with zero attached hydrogens (tertiary/aromatic N) is 1. The molecule has 0 spiro atoms. The molecule has 0 amide bonds. The van der Waals surface area contributed by atoms with Gasteiger partial charge >= 0.3 is 0 Å². The third kappa shape index (κ3) is 1.81. The SMILES string of the molecule is O=c1cc(O)ccn1C1CCCCC1. The van der Waals surface area contributed by atoms with Gasteiger partial charge in [0, 0.05) is 18.3 Å². The third-order valence-electron chi connectivity index (χ3n) is 2.90. The van der Waals surface area contributed by atoms with Crippen LogP contribution >= 0.6 is 0 Å². The number of hydrogen-bond acceptors (Lipinski definition) is 2. The molecule has 1 saturated carbocycles. The van der Waals surface area contributed by atoms with Gasteiger partial charge in [-0.25, -0.2) is 0 Å². The Balaban J connectivity index is 2.26. The molecular weight excluding hydrogens is 178 g/mol. The number of aromatic nitrogens is 1. The molecule has 0 unspecified atom stereocenters. The van der Waals surface area contributed by atoms with Gasteiger partial charge in [-0.2, -0.15) is 0 Å². The second-order valence-corrected chi connectivity index (χ2v) is 3.92. The Labute approximate surface area is 83.0 Å². The van der Waals surface area contributed by atoms with Gasteiger partial charge in [-0.05, 0) is 18.9 Å². The first-order chi connectivity index (χ1) is 6.77. The van der Waals surface area contributed by atoms with Crippen LogP contribution in [0, 0.1) is 0 Å². The van der Waals surface area contributed by atoms with E-state index in [-0.39, 0.29) is 11.3 Å².